The summed E-state index contributed by atoms with van der Waals surface area (Å²) in [7, 11) is 0. The number of nitrogens with zero attached hydrogens (tertiary/aromatic N) is 3. The summed E-state index contributed by atoms with van der Waals surface area (Å²) in [4.78, 5) is 3.34. The van der Waals surface area contributed by atoms with E-state index in [1.165, 1.54) is 12.1 Å². The lowest BCUT2D eigenvalue weighted by molar-refractivity contribution is -0.137. The Balaban J connectivity index is 1.66. The summed E-state index contributed by atoms with van der Waals surface area (Å²) in [5, 5.41) is 2.99. The maximum Gasteiger partial charge on any atom is 0.418 e. The molecule has 0 saturated carbocycles. The Morgan fingerprint density at radius 3 is 1.60 bits per heavy atom. The van der Waals surface area contributed by atoms with Crippen molar-refractivity contribution < 1.29 is 26.3 Å². The summed E-state index contributed by atoms with van der Waals surface area (Å²) in [6, 6.07) is 30.9. The van der Waals surface area contributed by atoms with Crippen LogP contribution in [0.15, 0.2) is 115 Å². The minimum Gasteiger partial charge on any atom is -0.307 e. The molecule has 0 atom stereocenters. The molecule has 0 unspecified atom stereocenters. The van der Waals surface area contributed by atoms with Gasteiger partial charge in [0.15, 0.2) is 5.69 Å². The van der Waals surface area contributed by atoms with Crippen molar-refractivity contribution in [3.05, 3.63) is 149 Å². The van der Waals surface area contributed by atoms with E-state index in [0.717, 1.165) is 50.9 Å². The molecule has 0 spiro atoms. The Kier molecular flexibility index (Phi) is 6.88. The molecular weight excluding hydrogens is 648 g/mol. The van der Waals surface area contributed by atoms with Crippen LogP contribution in [-0.4, -0.2) is 9.13 Å². The molecular formula is C41H25F6N3. The van der Waals surface area contributed by atoms with Crippen molar-refractivity contribution in [1.29, 1.82) is 0 Å². The molecule has 0 bridgehead atoms. The zero-order valence-corrected chi connectivity index (χ0v) is 26.6. The third-order valence-electron chi connectivity index (χ3n) is 9.28. The van der Waals surface area contributed by atoms with Crippen LogP contribution in [0.5, 0.6) is 0 Å². The van der Waals surface area contributed by atoms with Crippen LogP contribution in [0.3, 0.4) is 0 Å². The predicted octanol–water partition coefficient (Wildman–Crippen LogP) is 12.8. The van der Waals surface area contributed by atoms with E-state index in [1.807, 2.05) is 74.5 Å². The molecule has 0 aliphatic heterocycles. The van der Waals surface area contributed by atoms with Gasteiger partial charge in [-0.05, 0) is 72.5 Å². The maximum atomic E-state index is 15.7. The Labute approximate surface area is 282 Å². The highest BCUT2D eigenvalue weighted by Gasteiger charge is 2.40. The lowest BCUT2D eigenvalue weighted by atomic mass is 9.93. The fraction of sp³-hybridized carbons (Fsp3) is 0.0976. The Bertz CT molecular complexity index is 2720. The number of rotatable bonds is 3. The van der Waals surface area contributed by atoms with Crippen molar-refractivity contribution in [3.63, 3.8) is 0 Å². The largest absolute Gasteiger partial charge is 0.418 e. The molecule has 8 aromatic rings. The van der Waals surface area contributed by atoms with Crippen LogP contribution in [0, 0.1) is 20.4 Å². The summed E-state index contributed by atoms with van der Waals surface area (Å²) in [6.07, 6.45) is -9.97. The van der Waals surface area contributed by atoms with Crippen LogP contribution < -0.4 is 0 Å². The van der Waals surface area contributed by atoms with Gasteiger partial charge in [0, 0.05) is 21.5 Å². The molecule has 0 radical (unpaired) electrons. The van der Waals surface area contributed by atoms with Gasteiger partial charge < -0.3 is 9.13 Å². The molecule has 0 aliphatic rings. The van der Waals surface area contributed by atoms with Crippen LogP contribution >= 0.6 is 0 Å². The first-order valence-electron chi connectivity index (χ1n) is 15.7. The number of hydrogen-bond donors (Lipinski definition) is 0. The molecule has 0 N–H and O–H groups in total. The monoisotopic (exact) mass is 673 g/mol. The van der Waals surface area contributed by atoms with Crippen molar-refractivity contribution >= 4 is 49.3 Å². The SMILES string of the molecule is [C-]#[N+]c1cccc(C(F)(F)F)c1-c1cc(-n2c3ccccc3c3ccc(C)cc32)c(-n2c3ccccc3c3ccc(C)cc32)c(C(F)(F)F)c1. The molecule has 0 aliphatic carbocycles. The summed E-state index contributed by atoms with van der Waals surface area (Å²) >= 11 is 0. The Hall–Kier alpha value is -6.01. The normalized spacial score (nSPS) is 12.4. The van der Waals surface area contributed by atoms with E-state index < -0.39 is 34.7 Å². The van der Waals surface area contributed by atoms with Gasteiger partial charge in [-0.2, -0.15) is 26.3 Å². The number of halogens is 6. The highest BCUT2D eigenvalue weighted by atomic mass is 19.4. The van der Waals surface area contributed by atoms with Crippen molar-refractivity contribution in [2.45, 2.75) is 26.2 Å². The first-order valence-corrected chi connectivity index (χ1v) is 15.7. The van der Waals surface area contributed by atoms with Gasteiger partial charge in [0.1, 0.15) is 0 Å². The Morgan fingerprint density at radius 2 is 1.04 bits per heavy atom. The quantitative estimate of drug-likeness (QED) is 0.131. The van der Waals surface area contributed by atoms with Gasteiger partial charge in [-0.15, -0.1) is 0 Å². The number of fused-ring (bicyclic) bond motifs is 6. The molecule has 6 aromatic carbocycles. The van der Waals surface area contributed by atoms with E-state index in [4.69, 9.17) is 6.57 Å². The van der Waals surface area contributed by atoms with E-state index in [0.29, 0.717) is 22.1 Å². The first-order chi connectivity index (χ1) is 23.9. The molecule has 2 heterocycles. The lowest BCUT2D eigenvalue weighted by Gasteiger charge is -2.24. The molecule has 50 heavy (non-hydrogen) atoms. The zero-order valence-electron chi connectivity index (χ0n) is 26.6. The van der Waals surface area contributed by atoms with Gasteiger partial charge in [-0.3, -0.25) is 0 Å². The van der Waals surface area contributed by atoms with Crippen LogP contribution in [-0.2, 0) is 12.4 Å². The third kappa shape index (κ3) is 4.74. The van der Waals surface area contributed by atoms with Crippen molar-refractivity contribution in [2.24, 2.45) is 0 Å². The van der Waals surface area contributed by atoms with E-state index in [1.54, 1.807) is 33.4 Å². The van der Waals surface area contributed by atoms with Gasteiger partial charge >= 0.3 is 12.4 Å². The second-order valence-corrected chi connectivity index (χ2v) is 12.4. The molecule has 2 aromatic heterocycles. The summed E-state index contributed by atoms with van der Waals surface area (Å²) in [5.74, 6) is 0. The van der Waals surface area contributed by atoms with Crippen LogP contribution in [0.2, 0.25) is 0 Å². The zero-order chi connectivity index (χ0) is 35.1. The van der Waals surface area contributed by atoms with E-state index in [2.05, 4.69) is 4.85 Å². The van der Waals surface area contributed by atoms with Gasteiger partial charge in [0.2, 0.25) is 0 Å². The van der Waals surface area contributed by atoms with E-state index in [9.17, 15) is 13.2 Å². The molecule has 0 amide bonds. The van der Waals surface area contributed by atoms with Crippen molar-refractivity contribution in [1.82, 2.24) is 9.13 Å². The van der Waals surface area contributed by atoms with E-state index >= 15 is 13.2 Å². The van der Waals surface area contributed by atoms with Gasteiger partial charge in [-0.25, -0.2) is 4.85 Å². The highest BCUT2D eigenvalue weighted by Crippen LogP contribution is 2.49. The predicted molar refractivity (Wildman–Crippen MR) is 186 cm³/mol. The second-order valence-electron chi connectivity index (χ2n) is 12.4. The average molecular weight is 674 g/mol. The second kappa shape index (κ2) is 11.0. The number of alkyl halides is 6. The smallest absolute Gasteiger partial charge is 0.307 e. The van der Waals surface area contributed by atoms with Crippen molar-refractivity contribution in [3.8, 4) is 22.5 Å². The van der Waals surface area contributed by atoms with Gasteiger partial charge in [0.25, 0.3) is 0 Å². The van der Waals surface area contributed by atoms with Crippen LogP contribution in [0.25, 0.3) is 71.0 Å². The average Bonchev–Trinajstić information content (AvgIpc) is 3.58. The van der Waals surface area contributed by atoms with Crippen molar-refractivity contribution in [2.75, 3.05) is 0 Å². The number of hydrogen-bond acceptors (Lipinski definition) is 0. The highest BCUT2D eigenvalue weighted by molar-refractivity contribution is 6.12. The molecule has 8 rings (SSSR count). The number of benzene rings is 6. The topological polar surface area (TPSA) is 14.2 Å². The molecule has 246 valence electrons. The number of aryl methyl sites for hydroxylation is 2. The Morgan fingerprint density at radius 1 is 0.520 bits per heavy atom. The summed E-state index contributed by atoms with van der Waals surface area (Å²) in [6.45, 7) is 11.5. The van der Waals surface area contributed by atoms with Crippen LogP contribution in [0.1, 0.15) is 22.3 Å². The fourth-order valence-corrected chi connectivity index (χ4v) is 7.22. The first kappa shape index (κ1) is 31.3. The number of aromatic nitrogens is 2. The molecule has 0 fully saturated rings. The van der Waals surface area contributed by atoms with E-state index in [-0.39, 0.29) is 16.9 Å². The summed E-state index contributed by atoms with van der Waals surface area (Å²) < 4.78 is 94.2. The molecule has 3 nitrogen and oxygen atoms in total. The third-order valence-corrected chi connectivity index (χ3v) is 9.28. The number of para-hydroxylation sites is 2. The van der Waals surface area contributed by atoms with Gasteiger partial charge in [-0.1, -0.05) is 78.9 Å². The maximum absolute atomic E-state index is 15.7. The minimum absolute atomic E-state index is 0.0173. The molecule has 9 heteroatoms. The summed E-state index contributed by atoms with van der Waals surface area (Å²) in [5.41, 5.74) is -0.0885. The van der Waals surface area contributed by atoms with Crippen LogP contribution in [0.4, 0.5) is 32.0 Å². The molecule has 0 saturated heterocycles. The minimum atomic E-state index is -5.03. The lowest BCUT2D eigenvalue weighted by Crippen LogP contribution is -2.15. The van der Waals surface area contributed by atoms with Gasteiger partial charge in [0.05, 0.1) is 51.1 Å². The fourth-order valence-electron chi connectivity index (χ4n) is 7.22. The standard InChI is InChI=1S/C41H25F6N3/c1-23-15-17-28-26-9-4-6-13-33(26)49(35(28)19-23)37-22-25(38-30(40(42,43)44)11-8-12-32(38)48-3)21-31(41(45,46)47)39(37)50-34-14-7-5-10-27(34)29-18-16-24(2)20-36(29)50/h4-22H,1-2H3.